The van der Waals surface area contributed by atoms with Crippen LogP contribution in [0.5, 0.6) is 0 Å². The molecule has 0 radical (unpaired) electrons. The minimum Gasteiger partial charge on any atom is -0.312 e. The smallest absolute Gasteiger partial charge is 0.277 e. The largest absolute Gasteiger partial charge is 0.312 e. The van der Waals surface area contributed by atoms with Crippen LogP contribution in [0.25, 0.3) is 0 Å². The van der Waals surface area contributed by atoms with E-state index in [0.29, 0.717) is 24.0 Å². The molecule has 2 aromatic rings. The summed E-state index contributed by atoms with van der Waals surface area (Å²) in [7, 11) is 0. The zero-order valence-electron chi connectivity index (χ0n) is 14.2. The Morgan fingerprint density at radius 3 is 2.72 bits per heavy atom. The second kappa shape index (κ2) is 8.01. The maximum atomic E-state index is 12.5. The van der Waals surface area contributed by atoms with E-state index < -0.39 is 0 Å². The number of amides is 1. The molecule has 1 fully saturated rings. The molecule has 1 aliphatic heterocycles. The summed E-state index contributed by atoms with van der Waals surface area (Å²) in [5.41, 5.74) is 3.63. The van der Waals surface area contributed by atoms with Crippen LogP contribution in [0.15, 0.2) is 6.07 Å². The van der Waals surface area contributed by atoms with Crippen molar-refractivity contribution in [1.82, 2.24) is 25.7 Å². The van der Waals surface area contributed by atoms with Crippen molar-refractivity contribution in [3.8, 4) is 0 Å². The summed E-state index contributed by atoms with van der Waals surface area (Å²) in [6.07, 6.45) is 8.49. The summed E-state index contributed by atoms with van der Waals surface area (Å²) in [5.74, 6) is 0.919. The Morgan fingerprint density at radius 2 is 1.92 bits per heavy atom. The minimum absolute atomic E-state index is 0. The Hall–Kier alpha value is -1.86. The van der Waals surface area contributed by atoms with Crippen molar-refractivity contribution >= 4 is 24.1 Å². The number of hydrogen-bond acceptors (Lipinski definition) is 4. The summed E-state index contributed by atoms with van der Waals surface area (Å²) in [4.78, 5) is 12.5. The molecule has 25 heavy (non-hydrogen) atoms. The first-order valence-corrected chi connectivity index (χ1v) is 8.95. The monoisotopic (exact) mass is 364 g/mol. The van der Waals surface area contributed by atoms with Gasteiger partial charge in [0.1, 0.15) is 0 Å². The maximum Gasteiger partial charge on any atom is 0.277 e. The number of carbonyl (C=O) groups excluding carboxylic acids is 1. The van der Waals surface area contributed by atoms with Gasteiger partial charge in [0.15, 0.2) is 11.5 Å². The zero-order valence-corrected chi connectivity index (χ0v) is 15.0. The van der Waals surface area contributed by atoms with Crippen LogP contribution in [0, 0.1) is 0 Å². The first-order valence-electron chi connectivity index (χ1n) is 8.95. The predicted molar refractivity (Wildman–Crippen MR) is 98.2 cm³/mol. The lowest BCUT2D eigenvalue weighted by Crippen LogP contribution is -2.25. The Morgan fingerprint density at radius 1 is 1.12 bits per heavy atom. The van der Waals surface area contributed by atoms with Gasteiger partial charge in [-0.1, -0.05) is 25.7 Å². The number of fused-ring (bicyclic) bond motifs is 1. The van der Waals surface area contributed by atoms with Gasteiger partial charge in [-0.3, -0.25) is 15.0 Å². The van der Waals surface area contributed by atoms with Gasteiger partial charge in [-0.05, 0) is 12.8 Å². The van der Waals surface area contributed by atoms with Crippen molar-refractivity contribution in [2.24, 2.45) is 0 Å². The van der Waals surface area contributed by atoms with Crippen LogP contribution in [-0.2, 0) is 13.0 Å². The van der Waals surface area contributed by atoms with Crippen LogP contribution in [-0.4, -0.2) is 32.8 Å². The van der Waals surface area contributed by atoms with E-state index in [-0.39, 0.29) is 18.3 Å². The van der Waals surface area contributed by atoms with Gasteiger partial charge < -0.3 is 10.6 Å². The number of aromatic amines is 2. The lowest BCUT2D eigenvalue weighted by atomic mass is 9.97. The van der Waals surface area contributed by atoms with Gasteiger partial charge in [-0.25, -0.2) is 0 Å². The Labute approximate surface area is 153 Å². The van der Waals surface area contributed by atoms with Gasteiger partial charge in [0.05, 0.1) is 0 Å². The summed E-state index contributed by atoms with van der Waals surface area (Å²) < 4.78 is 0. The lowest BCUT2D eigenvalue weighted by molar-refractivity contribution is 0.102. The van der Waals surface area contributed by atoms with Gasteiger partial charge >= 0.3 is 0 Å². The Kier molecular flexibility index (Phi) is 5.75. The van der Waals surface area contributed by atoms with Crippen LogP contribution in [0.3, 0.4) is 0 Å². The fraction of sp³-hybridized carbons (Fsp3) is 0.588. The third-order valence-corrected chi connectivity index (χ3v) is 5.16. The second-order valence-electron chi connectivity index (χ2n) is 6.81. The SMILES string of the molecule is Cl.O=C(Nc1cc(C2CCCCCC2)[nH]n1)c1n[nH]c2c1CNCC2. The number of anilines is 1. The van der Waals surface area contributed by atoms with Crippen molar-refractivity contribution in [3.63, 3.8) is 0 Å². The van der Waals surface area contributed by atoms with Crippen LogP contribution < -0.4 is 10.6 Å². The molecule has 1 amide bonds. The molecular formula is C17H25ClN6O. The van der Waals surface area contributed by atoms with Crippen molar-refractivity contribution in [2.75, 3.05) is 11.9 Å². The highest BCUT2D eigenvalue weighted by Gasteiger charge is 2.23. The summed E-state index contributed by atoms with van der Waals surface area (Å²) >= 11 is 0. The van der Waals surface area contributed by atoms with Crippen LogP contribution in [0.2, 0.25) is 0 Å². The molecule has 0 unspecified atom stereocenters. The van der Waals surface area contributed by atoms with E-state index in [1.807, 2.05) is 6.07 Å². The molecule has 1 aliphatic carbocycles. The zero-order chi connectivity index (χ0) is 16.4. The number of hydrogen-bond donors (Lipinski definition) is 4. The minimum atomic E-state index is -0.199. The predicted octanol–water partition coefficient (Wildman–Crippen LogP) is 2.89. The molecule has 0 atom stereocenters. The normalized spacial score (nSPS) is 18.1. The van der Waals surface area contributed by atoms with E-state index in [1.165, 1.54) is 38.5 Å². The molecule has 4 rings (SSSR count). The van der Waals surface area contributed by atoms with Crippen molar-refractivity contribution in [1.29, 1.82) is 0 Å². The molecule has 0 aromatic carbocycles. The van der Waals surface area contributed by atoms with E-state index in [4.69, 9.17) is 0 Å². The van der Waals surface area contributed by atoms with Gasteiger partial charge in [0, 0.05) is 48.4 Å². The first-order chi connectivity index (χ1) is 11.8. The average Bonchev–Trinajstić information content (AvgIpc) is 3.14. The highest BCUT2D eigenvalue weighted by molar-refractivity contribution is 6.03. The first kappa shape index (κ1) is 17.9. The van der Waals surface area contributed by atoms with Gasteiger partial charge in [0.25, 0.3) is 5.91 Å². The summed E-state index contributed by atoms with van der Waals surface area (Å²) in [5, 5.41) is 20.7. The molecule has 0 spiro atoms. The number of nitrogens with one attached hydrogen (secondary N) is 4. The Balaban J connectivity index is 0.00000182. The molecule has 0 bridgehead atoms. The lowest BCUT2D eigenvalue weighted by Gasteiger charge is -2.12. The van der Waals surface area contributed by atoms with Crippen molar-refractivity contribution in [2.45, 2.75) is 57.4 Å². The third-order valence-electron chi connectivity index (χ3n) is 5.16. The molecule has 136 valence electrons. The molecule has 2 aliphatic rings. The number of halogens is 1. The Bertz CT molecular complexity index is 717. The van der Waals surface area contributed by atoms with Crippen LogP contribution >= 0.6 is 12.4 Å². The number of nitrogens with zero attached hydrogens (tertiary/aromatic N) is 2. The third kappa shape index (κ3) is 3.88. The maximum absolute atomic E-state index is 12.5. The average molecular weight is 365 g/mol. The van der Waals surface area contributed by atoms with Crippen LogP contribution in [0.4, 0.5) is 5.82 Å². The van der Waals surface area contributed by atoms with Crippen molar-refractivity contribution in [3.05, 3.63) is 28.7 Å². The molecule has 2 aromatic heterocycles. The fourth-order valence-corrected chi connectivity index (χ4v) is 3.79. The van der Waals surface area contributed by atoms with E-state index in [0.717, 1.165) is 29.9 Å². The van der Waals surface area contributed by atoms with Gasteiger partial charge in [-0.2, -0.15) is 10.2 Å². The highest BCUT2D eigenvalue weighted by atomic mass is 35.5. The summed E-state index contributed by atoms with van der Waals surface area (Å²) in [6.45, 7) is 1.60. The molecule has 0 saturated heterocycles. The summed E-state index contributed by atoms with van der Waals surface area (Å²) in [6, 6.07) is 1.98. The topological polar surface area (TPSA) is 98.5 Å². The molecule has 4 N–H and O–H groups in total. The van der Waals surface area contributed by atoms with Gasteiger partial charge in [0.2, 0.25) is 0 Å². The van der Waals surface area contributed by atoms with E-state index in [1.54, 1.807) is 0 Å². The van der Waals surface area contributed by atoms with Crippen molar-refractivity contribution < 1.29 is 4.79 Å². The standard InChI is InChI=1S/C17H24N6O.ClH/c24-17(16-12-10-18-8-7-13(12)20-23-16)19-15-9-14(21-22-15)11-5-3-1-2-4-6-11;/h9,11,18H,1-8,10H2,(H,20,23)(H2,19,21,22,24);1H. The number of rotatable bonds is 3. The van der Waals surface area contributed by atoms with Crippen LogP contribution in [0.1, 0.15) is 71.9 Å². The number of H-pyrrole nitrogens is 2. The molecular weight excluding hydrogens is 340 g/mol. The molecule has 7 nitrogen and oxygen atoms in total. The fourth-order valence-electron chi connectivity index (χ4n) is 3.79. The molecule has 3 heterocycles. The second-order valence-corrected chi connectivity index (χ2v) is 6.81. The highest BCUT2D eigenvalue weighted by Crippen LogP contribution is 2.31. The molecule has 8 heteroatoms. The van der Waals surface area contributed by atoms with E-state index in [9.17, 15) is 4.79 Å². The quantitative estimate of drug-likeness (QED) is 0.629. The number of aromatic nitrogens is 4. The van der Waals surface area contributed by atoms with Gasteiger partial charge in [-0.15, -0.1) is 12.4 Å². The van der Waals surface area contributed by atoms with E-state index >= 15 is 0 Å². The van der Waals surface area contributed by atoms with E-state index in [2.05, 4.69) is 31.0 Å². The number of carbonyl (C=O) groups is 1. The molecule has 1 saturated carbocycles.